The third-order valence-electron chi connectivity index (χ3n) is 2.72. The first-order chi connectivity index (χ1) is 8.10. The van der Waals surface area contributed by atoms with Crippen molar-refractivity contribution < 1.29 is 19.7 Å². The van der Waals surface area contributed by atoms with E-state index in [9.17, 15) is 4.79 Å². The lowest BCUT2D eigenvalue weighted by Gasteiger charge is -2.15. The lowest BCUT2D eigenvalue weighted by Crippen LogP contribution is -2.29. The number of para-hydroxylation sites is 1. The van der Waals surface area contributed by atoms with Crippen molar-refractivity contribution >= 4 is 5.97 Å². The Morgan fingerprint density at radius 2 is 2.06 bits per heavy atom. The predicted octanol–water partition coefficient (Wildman–Crippen LogP) is 1.46. The lowest BCUT2D eigenvalue weighted by atomic mass is 9.98. The van der Waals surface area contributed by atoms with Gasteiger partial charge in [0.25, 0.3) is 0 Å². The summed E-state index contributed by atoms with van der Waals surface area (Å²) < 4.78 is 5.07. The highest BCUT2D eigenvalue weighted by molar-refractivity contribution is 5.77. The average molecular weight is 238 g/mol. The van der Waals surface area contributed by atoms with E-state index in [-0.39, 0.29) is 5.92 Å². The number of hydrogen-bond acceptors (Lipinski definition) is 4. The molecule has 17 heavy (non-hydrogen) atoms. The van der Waals surface area contributed by atoms with E-state index in [0.717, 1.165) is 12.0 Å². The summed E-state index contributed by atoms with van der Waals surface area (Å²) in [5, 5.41) is 17.8. The van der Waals surface area contributed by atoms with Crippen molar-refractivity contribution in [3.05, 3.63) is 29.8 Å². The van der Waals surface area contributed by atoms with Crippen molar-refractivity contribution in [1.82, 2.24) is 0 Å². The lowest BCUT2D eigenvalue weighted by molar-refractivity contribution is -0.145. The molecule has 1 aromatic rings. The summed E-state index contributed by atoms with van der Waals surface area (Å²) in [5.74, 6) is -0.118. The summed E-state index contributed by atoms with van der Waals surface area (Å²) in [6.45, 7) is 3.45. The number of aliphatic hydroxyl groups excluding tert-OH is 2. The van der Waals surface area contributed by atoms with E-state index in [2.05, 4.69) is 0 Å². The topological polar surface area (TPSA) is 66.8 Å². The summed E-state index contributed by atoms with van der Waals surface area (Å²) >= 11 is 0. The molecule has 0 aliphatic rings. The van der Waals surface area contributed by atoms with Crippen LogP contribution in [0.1, 0.15) is 31.7 Å². The predicted molar refractivity (Wildman–Crippen MR) is 63.9 cm³/mol. The van der Waals surface area contributed by atoms with Gasteiger partial charge in [0.05, 0.1) is 6.61 Å². The van der Waals surface area contributed by atoms with Gasteiger partial charge in [0.2, 0.25) is 0 Å². The van der Waals surface area contributed by atoms with Gasteiger partial charge in [-0.3, -0.25) is 0 Å². The third kappa shape index (κ3) is 3.54. The molecule has 1 rings (SSSR count). The summed E-state index contributed by atoms with van der Waals surface area (Å²) in [7, 11) is 0. The maximum atomic E-state index is 11.4. The molecule has 4 nitrogen and oxygen atoms in total. The molecule has 1 aromatic carbocycles. The number of carbonyl (C=O) groups excluding carboxylic acids is 1. The molecular formula is C13H18O4. The van der Waals surface area contributed by atoms with Crippen LogP contribution in [-0.2, 0) is 4.79 Å². The molecule has 94 valence electrons. The SMILES string of the molecule is CCC(C)c1ccccc1OC(=O)C(O)CO. The number of benzene rings is 1. The van der Waals surface area contributed by atoms with Crippen LogP contribution >= 0.6 is 0 Å². The zero-order chi connectivity index (χ0) is 12.8. The molecule has 0 heterocycles. The van der Waals surface area contributed by atoms with Gasteiger partial charge in [0.1, 0.15) is 5.75 Å². The van der Waals surface area contributed by atoms with Crippen molar-refractivity contribution in [3.8, 4) is 5.75 Å². The van der Waals surface area contributed by atoms with E-state index in [1.165, 1.54) is 0 Å². The fraction of sp³-hybridized carbons (Fsp3) is 0.462. The Labute approximate surface area is 101 Å². The second-order valence-electron chi connectivity index (χ2n) is 3.97. The van der Waals surface area contributed by atoms with Gasteiger partial charge >= 0.3 is 5.97 Å². The monoisotopic (exact) mass is 238 g/mol. The van der Waals surface area contributed by atoms with Gasteiger partial charge in [-0.1, -0.05) is 32.0 Å². The van der Waals surface area contributed by atoms with Gasteiger partial charge in [-0.05, 0) is 24.0 Å². The zero-order valence-corrected chi connectivity index (χ0v) is 10.1. The van der Waals surface area contributed by atoms with Crippen molar-refractivity contribution in [3.63, 3.8) is 0 Å². The average Bonchev–Trinajstić information content (AvgIpc) is 2.37. The molecule has 2 unspecified atom stereocenters. The highest BCUT2D eigenvalue weighted by Crippen LogP contribution is 2.28. The van der Waals surface area contributed by atoms with Crippen molar-refractivity contribution in [1.29, 1.82) is 0 Å². The Morgan fingerprint density at radius 1 is 1.41 bits per heavy atom. The fourth-order valence-corrected chi connectivity index (χ4v) is 1.45. The highest BCUT2D eigenvalue weighted by atomic mass is 16.6. The highest BCUT2D eigenvalue weighted by Gasteiger charge is 2.18. The standard InChI is InChI=1S/C13H18O4/c1-3-9(2)10-6-4-5-7-12(10)17-13(16)11(15)8-14/h4-7,9,11,14-15H,3,8H2,1-2H3. The Kier molecular flexibility index (Phi) is 5.12. The first-order valence-electron chi connectivity index (χ1n) is 5.69. The Hall–Kier alpha value is -1.39. The van der Waals surface area contributed by atoms with Gasteiger partial charge in [0, 0.05) is 0 Å². The molecule has 0 saturated heterocycles. The minimum atomic E-state index is -1.49. The number of rotatable bonds is 5. The second-order valence-corrected chi connectivity index (χ2v) is 3.97. The summed E-state index contributed by atoms with van der Waals surface area (Å²) in [5.41, 5.74) is 0.925. The molecule has 2 atom stereocenters. The van der Waals surface area contributed by atoms with Crippen LogP contribution < -0.4 is 4.74 Å². The van der Waals surface area contributed by atoms with E-state index < -0.39 is 18.7 Å². The summed E-state index contributed by atoms with van der Waals surface area (Å²) in [4.78, 5) is 11.4. The molecular weight excluding hydrogens is 220 g/mol. The van der Waals surface area contributed by atoms with E-state index in [1.54, 1.807) is 12.1 Å². The van der Waals surface area contributed by atoms with E-state index in [1.807, 2.05) is 26.0 Å². The number of ether oxygens (including phenoxy) is 1. The molecule has 0 aliphatic heterocycles. The Bertz CT molecular complexity index is 375. The van der Waals surface area contributed by atoms with Crippen LogP contribution in [0.15, 0.2) is 24.3 Å². The van der Waals surface area contributed by atoms with Crippen LogP contribution in [0.4, 0.5) is 0 Å². The molecule has 0 amide bonds. The first-order valence-corrected chi connectivity index (χ1v) is 5.69. The van der Waals surface area contributed by atoms with Gasteiger partial charge in [-0.2, -0.15) is 0 Å². The van der Waals surface area contributed by atoms with Crippen LogP contribution in [-0.4, -0.2) is 28.9 Å². The Balaban J connectivity index is 2.87. The molecule has 0 fully saturated rings. The van der Waals surface area contributed by atoms with Crippen LogP contribution in [0.3, 0.4) is 0 Å². The number of aliphatic hydroxyl groups is 2. The fourth-order valence-electron chi connectivity index (χ4n) is 1.45. The minimum absolute atomic E-state index is 0.269. The van der Waals surface area contributed by atoms with Gasteiger partial charge in [0.15, 0.2) is 6.10 Å². The van der Waals surface area contributed by atoms with Crippen molar-refractivity contribution in [2.45, 2.75) is 32.3 Å². The molecule has 0 bridgehead atoms. The normalized spacial score (nSPS) is 14.1. The van der Waals surface area contributed by atoms with Crippen LogP contribution in [0.25, 0.3) is 0 Å². The quantitative estimate of drug-likeness (QED) is 0.602. The molecule has 4 heteroatoms. The zero-order valence-electron chi connectivity index (χ0n) is 10.1. The number of hydrogen-bond donors (Lipinski definition) is 2. The maximum Gasteiger partial charge on any atom is 0.342 e. The molecule has 0 radical (unpaired) electrons. The van der Waals surface area contributed by atoms with Crippen LogP contribution in [0.2, 0.25) is 0 Å². The van der Waals surface area contributed by atoms with Gasteiger partial charge < -0.3 is 14.9 Å². The van der Waals surface area contributed by atoms with E-state index in [4.69, 9.17) is 14.9 Å². The molecule has 0 saturated carbocycles. The summed E-state index contributed by atoms with van der Waals surface area (Å²) in [6, 6.07) is 7.21. The van der Waals surface area contributed by atoms with Crippen molar-refractivity contribution in [2.24, 2.45) is 0 Å². The van der Waals surface area contributed by atoms with Gasteiger partial charge in [-0.25, -0.2) is 4.79 Å². The van der Waals surface area contributed by atoms with Gasteiger partial charge in [-0.15, -0.1) is 0 Å². The van der Waals surface area contributed by atoms with Crippen molar-refractivity contribution in [2.75, 3.05) is 6.61 Å². The second kappa shape index (κ2) is 6.37. The largest absolute Gasteiger partial charge is 0.424 e. The third-order valence-corrected chi connectivity index (χ3v) is 2.72. The molecule has 0 aliphatic carbocycles. The minimum Gasteiger partial charge on any atom is -0.424 e. The number of carbonyl (C=O) groups is 1. The molecule has 0 aromatic heterocycles. The van der Waals surface area contributed by atoms with E-state index >= 15 is 0 Å². The summed E-state index contributed by atoms with van der Waals surface area (Å²) in [6.07, 6.45) is -0.558. The maximum absolute atomic E-state index is 11.4. The Morgan fingerprint density at radius 3 is 2.65 bits per heavy atom. The first kappa shape index (κ1) is 13.7. The number of esters is 1. The van der Waals surface area contributed by atoms with E-state index in [0.29, 0.717) is 5.75 Å². The van der Waals surface area contributed by atoms with Crippen LogP contribution in [0, 0.1) is 0 Å². The van der Waals surface area contributed by atoms with Crippen LogP contribution in [0.5, 0.6) is 5.75 Å². The smallest absolute Gasteiger partial charge is 0.342 e. The molecule has 2 N–H and O–H groups in total. The molecule has 0 spiro atoms.